The van der Waals surface area contributed by atoms with E-state index in [-0.39, 0.29) is 36.7 Å². The maximum Gasteiger partial charge on any atom is 1.00 e. The van der Waals surface area contributed by atoms with Crippen molar-refractivity contribution >= 4 is 7.82 Å². The molecule has 0 aliphatic carbocycles. The zero-order valence-corrected chi connectivity index (χ0v) is 11.1. The van der Waals surface area contributed by atoms with Crippen LogP contribution >= 0.6 is 7.82 Å². The first-order chi connectivity index (χ1) is 6.01. The van der Waals surface area contributed by atoms with Gasteiger partial charge in [-0.2, -0.15) is 0 Å². The summed E-state index contributed by atoms with van der Waals surface area (Å²) in [6, 6.07) is 6.62. The van der Waals surface area contributed by atoms with Crippen LogP contribution in [-0.2, 0) is 11.0 Å². The summed E-state index contributed by atoms with van der Waals surface area (Å²) < 4.78 is 14.8. The molecule has 0 saturated carbocycles. The van der Waals surface area contributed by atoms with Gasteiger partial charge in [-0.25, -0.2) is 4.57 Å². The van der Waals surface area contributed by atoms with Gasteiger partial charge in [0, 0.05) is 0 Å². The molecule has 1 rings (SSSR count). The van der Waals surface area contributed by atoms with Crippen LogP contribution in [0.15, 0.2) is 24.3 Å². The van der Waals surface area contributed by atoms with E-state index in [0.717, 1.165) is 12.0 Å². The molecule has 0 amide bonds. The van der Waals surface area contributed by atoms with Crippen LogP contribution in [0.5, 0.6) is 5.75 Å². The predicted octanol–water partition coefficient (Wildman–Crippen LogP) is -1.16. The zero-order chi connectivity index (χ0) is 9.90. The fraction of sp³-hybridized carbons (Fsp3) is 0.250. The first-order valence-corrected chi connectivity index (χ1v) is 5.38. The summed E-state index contributed by atoms with van der Waals surface area (Å²) in [5, 5.41) is 0. The molecule has 4 nitrogen and oxygen atoms in total. The Morgan fingerprint density at radius 2 is 1.86 bits per heavy atom. The molecule has 0 bridgehead atoms. The number of phosphoric ester groups is 1. The largest absolute Gasteiger partial charge is 1.00 e. The average molecular weight is 226 g/mol. The molecule has 14 heavy (non-hydrogen) atoms. The maximum atomic E-state index is 10.4. The molecule has 0 saturated heterocycles. The van der Waals surface area contributed by atoms with E-state index in [0.29, 0.717) is 0 Å². The van der Waals surface area contributed by atoms with Gasteiger partial charge in [0.2, 0.25) is 0 Å². The standard InChI is InChI=1S/C8H11O4P.Na.H/c1-2-7-3-5-8(6-4-7)12-13(9,10)11;;/h3-6H,2H2,1H3,(H2,9,10,11);;/q;+1;-1. The predicted molar refractivity (Wildman–Crippen MR) is 49.6 cm³/mol. The van der Waals surface area contributed by atoms with Crippen molar-refractivity contribution < 1.29 is 49.9 Å². The second-order valence-corrected chi connectivity index (χ2v) is 3.74. The minimum atomic E-state index is -4.41. The van der Waals surface area contributed by atoms with Crippen molar-refractivity contribution in [3.05, 3.63) is 29.8 Å². The van der Waals surface area contributed by atoms with Crippen LogP contribution in [0.1, 0.15) is 13.9 Å². The van der Waals surface area contributed by atoms with Crippen LogP contribution in [-0.4, -0.2) is 9.79 Å². The third kappa shape index (κ3) is 5.15. The van der Waals surface area contributed by atoms with E-state index >= 15 is 0 Å². The quantitative estimate of drug-likeness (QED) is 0.504. The van der Waals surface area contributed by atoms with Crippen molar-refractivity contribution in [1.29, 1.82) is 0 Å². The number of phosphoric acid groups is 1. The summed E-state index contributed by atoms with van der Waals surface area (Å²) in [6.07, 6.45) is 0.885. The summed E-state index contributed by atoms with van der Waals surface area (Å²) in [6.45, 7) is 2.00. The van der Waals surface area contributed by atoms with Gasteiger partial charge in [0.15, 0.2) is 0 Å². The minimum absolute atomic E-state index is 0. The Labute approximate surface area is 106 Å². The van der Waals surface area contributed by atoms with Crippen LogP contribution in [0.25, 0.3) is 0 Å². The summed E-state index contributed by atoms with van der Waals surface area (Å²) in [7, 11) is -4.41. The van der Waals surface area contributed by atoms with Gasteiger partial charge in [0.1, 0.15) is 5.75 Å². The molecule has 0 atom stereocenters. The molecule has 0 radical (unpaired) electrons. The second-order valence-electron chi connectivity index (χ2n) is 2.58. The number of aryl methyl sites for hydroxylation is 1. The van der Waals surface area contributed by atoms with Gasteiger partial charge in [-0.3, -0.25) is 9.79 Å². The van der Waals surface area contributed by atoms with E-state index in [9.17, 15) is 4.57 Å². The summed E-state index contributed by atoms with van der Waals surface area (Å²) >= 11 is 0. The number of rotatable bonds is 3. The Morgan fingerprint density at radius 3 is 2.21 bits per heavy atom. The van der Waals surface area contributed by atoms with Crippen molar-refractivity contribution in [3.8, 4) is 5.75 Å². The molecule has 0 aliphatic rings. The molecule has 1 aromatic carbocycles. The fourth-order valence-corrected chi connectivity index (χ4v) is 1.32. The van der Waals surface area contributed by atoms with Crippen molar-refractivity contribution in [2.24, 2.45) is 0 Å². The number of hydrogen-bond acceptors (Lipinski definition) is 2. The first kappa shape index (κ1) is 14.2. The number of benzene rings is 1. The van der Waals surface area contributed by atoms with Crippen LogP contribution in [0.3, 0.4) is 0 Å². The van der Waals surface area contributed by atoms with Crippen LogP contribution in [0.4, 0.5) is 0 Å². The van der Waals surface area contributed by atoms with Gasteiger partial charge < -0.3 is 5.95 Å². The van der Waals surface area contributed by atoms with Crippen molar-refractivity contribution in [3.63, 3.8) is 0 Å². The Morgan fingerprint density at radius 1 is 1.36 bits per heavy atom. The molecular formula is C8H12NaO4P. The summed E-state index contributed by atoms with van der Waals surface area (Å²) in [5.74, 6) is 0.186. The van der Waals surface area contributed by atoms with E-state index < -0.39 is 7.82 Å². The summed E-state index contributed by atoms with van der Waals surface area (Å²) in [4.78, 5) is 17.0. The minimum Gasteiger partial charge on any atom is -1.00 e. The molecule has 0 unspecified atom stereocenters. The van der Waals surface area contributed by atoms with E-state index in [4.69, 9.17) is 9.79 Å². The van der Waals surface area contributed by atoms with Gasteiger partial charge in [0.05, 0.1) is 0 Å². The van der Waals surface area contributed by atoms with Gasteiger partial charge in [0.25, 0.3) is 0 Å². The first-order valence-electron chi connectivity index (χ1n) is 3.85. The molecule has 74 valence electrons. The van der Waals surface area contributed by atoms with Crippen molar-refractivity contribution in [2.75, 3.05) is 0 Å². The topological polar surface area (TPSA) is 66.8 Å². The second kappa shape index (κ2) is 5.91. The molecule has 2 N–H and O–H groups in total. The molecule has 6 heteroatoms. The normalized spacial score (nSPS) is 10.5. The van der Waals surface area contributed by atoms with Gasteiger partial charge in [-0.15, -0.1) is 0 Å². The van der Waals surface area contributed by atoms with E-state index in [1.54, 1.807) is 12.1 Å². The fourth-order valence-electron chi connectivity index (χ4n) is 0.923. The van der Waals surface area contributed by atoms with Gasteiger partial charge in [-0.05, 0) is 24.1 Å². The van der Waals surface area contributed by atoms with E-state index in [1.807, 2.05) is 6.92 Å². The monoisotopic (exact) mass is 226 g/mol. The Bertz CT molecular complexity index is 324. The summed E-state index contributed by atoms with van der Waals surface area (Å²) in [5.41, 5.74) is 1.10. The Kier molecular flexibility index (Phi) is 5.98. The average Bonchev–Trinajstić information content (AvgIpc) is 2.03. The van der Waals surface area contributed by atoms with E-state index in [2.05, 4.69) is 4.52 Å². The van der Waals surface area contributed by atoms with E-state index in [1.165, 1.54) is 12.1 Å². The van der Waals surface area contributed by atoms with Crippen molar-refractivity contribution in [1.82, 2.24) is 0 Å². The van der Waals surface area contributed by atoms with Crippen LogP contribution < -0.4 is 34.1 Å². The third-order valence-corrected chi connectivity index (χ3v) is 2.00. The Hall–Kier alpha value is 0.170. The third-order valence-electron chi connectivity index (χ3n) is 1.56. The Balaban J connectivity index is 0. The van der Waals surface area contributed by atoms with Gasteiger partial charge in [-0.1, -0.05) is 19.1 Å². The van der Waals surface area contributed by atoms with Crippen LogP contribution in [0, 0.1) is 0 Å². The molecule has 0 heterocycles. The molecule has 0 fully saturated rings. The molecule has 0 aliphatic heterocycles. The number of hydrogen-bond donors (Lipinski definition) is 2. The van der Waals surface area contributed by atoms with Crippen LogP contribution in [0.2, 0.25) is 0 Å². The zero-order valence-electron chi connectivity index (χ0n) is 9.17. The maximum absolute atomic E-state index is 10.4. The van der Waals surface area contributed by atoms with Crippen molar-refractivity contribution in [2.45, 2.75) is 13.3 Å². The molecule has 0 spiro atoms. The molecule has 0 aromatic heterocycles. The smallest absolute Gasteiger partial charge is 1.00 e. The molecular weight excluding hydrogens is 214 g/mol. The SMILES string of the molecule is CCc1ccc(OP(=O)(O)O)cc1.[H-].[Na+]. The van der Waals surface area contributed by atoms with Gasteiger partial charge >= 0.3 is 37.4 Å². The molecule has 1 aromatic rings.